The van der Waals surface area contributed by atoms with Crippen molar-refractivity contribution in [3.05, 3.63) is 109 Å². The highest BCUT2D eigenvalue weighted by Crippen LogP contribution is 2.38. The molecule has 0 aliphatic carbocycles. The van der Waals surface area contributed by atoms with Gasteiger partial charge in [-0.3, -0.25) is 14.2 Å². The van der Waals surface area contributed by atoms with Gasteiger partial charge >= 0.3 is 11.9 Å². The monoisotopic (exact) mass is 1080 g/mol. The highest BCUT2D eigenvalue weighted by atomic mass is 31.2. The minimum absolute atomic E-state index is 0.0416. The molecule has 9 nitrogen and oxygen atoms in total. The first kappa shape index (κ1) is 72.7. The molecule has 0 radical (unpaired) electrons. The molecule has 0 aromatic rings. The lowest BCUT2D eigenvalue weighted by Gasteiger charge is -2.28. The SMILES string of the molecule is CC/C=C\C/C=C\C/C=C\C/C=C\C/C=C\CCCCCC(=O)OC(COC(=O)CCCCCCCCCCCCCCCCCCCCCC/C=C\C/C=C\C/C=C\C/C=C\CC)COP(=O)([O-])OCC[N+](C)(C)C. The molecule has 0 saturated heterocycles. The Hall–Kier alpha value is -3.33. The molecule has 436 valence electrons. The van der Waals surface area contributed by atoms with Crippen molar-refractivity contribution in [2.45, 2.75) is 251 Å². The molecule has 0 saturated carbocycles. The standard InChI is InChI=1S/C66H114NO8P/c1-6-8-10-12-14-16-18-20-22-24-26-27-28-29-30-31-32-33-34-35-36-37-38-39-41-42-44-46-48-50-52-54-56-58-65(68)72-62-64(63-74-76(70,71)73-61-60-67(3,4)5)75-66(69)59-57-55-53-51-49-47-45-43-40-25-23-21-19-17-15-13-11-9-7-2/h8-11,14-17,20-23,26-27,40,43,47,49,64H,6-7,12-13,18-19,24-25,28-39,41-42,44-46,48,50-63H2,1-5H3/b10-8-,11-9-,16-14-,17-15-,22-20-,23-21-,27-26-,43-40-,49-47-. The number of phosphoric acid groups is 1. The minimum atomic E-state index is -4.65. The largest absolute Gasteiger partial charge is 0.756 e. The third-order valence-electron chi connectivity index (χ3n) is 12.8. The maximum atomic E-state index is 12.8. The summed E-state index contributed by atoms with van der Waals surface area (Å²) in [6.45, 7) is 3.98. The van der Waals surface area contributed by atoms with Gasteiger partial charge in [-0.2, -0.15) is 0 Å². The number of quaternary nitrogens is 1. The Bertz CT molecular complexity index is 1650. The van der Waals surface area contributed by atoms with Gasteiger partial charge in [-0.25, -0.2) is 0 Å². The fraction of sp³-hybridized carbons (Fsp3) is 0.697. The molecule has 76 heavy (non-hydrogen) atoms. The topological polar surface area (TPSA) is 111 Å². The summed E-state index contributed by atoms with van der Waals surface area (Å²) in [7, 11) is 1.14. The fourth-order valence-electron chi connectivity index (χ4n) is 8.15. The number of rotatable bonds is 55. The molecule has 0 spiro atoms. The maximum Gasteiger partial charge on any atom is 0.306 e. The van der Waals surface area contributed by atoms with Gasteiger partial charge in [0.25, 0.3) is 7.82 Å². The van der Waals surface area contributed by atoms with Crippen LogP contribution in [0.15, 0.2) is 109 Å². The van der Waals surface area contributed by atoms with Gasteiger partial charge in [0.2, 0.25) is 0 Å². The highest BCUT2D eigenvalue weighted by Gasteiger charge is 2.22. The molecule has 10 heteroatoms. The predicted molar refractivity (Wildman–Crippen MR) is 323 cm³/mol. The number of phosphoric ester groups is 1. The third kappa shape index (κ3) is 59.9. The summed E-state index contributed by atoms with van der Waals surface area (Å²) in [6, 6.07) is 0. The van der Waals surface area contributed by atoms with Crippen LogP contribution in [0.25, 0.3) is 0 Å². The van der Waals surface area contributed by atoms with E-state index in [9.17, 15) is 19.0 Å². The molecule has 0 fully saturated rings. The number of likely N-dealkylation sites (N-methyl/N-ethyl adjacent to an activating group) is 1. The van der Waals surface area contributed by atoms with E-state index in [1.165, 1.54) is 116 Å². The quantitative estimate of drug-likeness (QED) is 0.0195. The van der Waals surface area contributed by atoms with E-state index in [0.29, 0.717) is 17.4 Å². The van der Waals surface area contributed by atoms with Crippen molar-refractivity contribution >= 4 is 19.8 Å². The second kappa shape index (κ2) is 56.4. The van der Waals surface area contributed by atoms with Crippen LogP contribution in [0.2, 0.25) is 0 Å². The van der Waals surface area contributed by atoms with Crippen LogP contribution in [0.4, 0.5) is 0 Å². The van der Waals surface area contributed by atoms with Gasteiger partial charge in [0.1, 0.15) is 19.8 Å². The van der Waals surface area contributed by atoms with E-state index in [0.717, 1.165) is 96.3 Å². The fourth-order valence-corrected chi connectivity index (χ4v) is 8.87. The normalized spacial score (nSPS) is 14.0. The number of hydrogen-bond acceptors (Lipinski definition) is 8. The average molecular weight is 1080 g/mol. The smallest absolute Gasteiger partial charge is 0.306 e. The number of ether oxygens (including phenoxy) is 2. The summed E-state index contributed by atoms with van der Waals surface area (Å²) in [5.41, 5.74) is 0. The molecular weight excluding hydrogens is 966 g/mol. The highest BCUT2D eigenvalue weighted by molar-refractivity contribution is 7.45. The lowest BCUT2D eigenvalue weighted by atomic mass is 10.0. The molecule has 0 rings (SSSR count). The van der Waals surface area contributed by atoms with Gasteiger partial charge in [-0.05, 0) is 96.3 Å². The van der Waals surface area contributed by atoms with E-state index in [4.69, 9.17) is 18.5 Å². The number of hydrogen-bond donors (Lipinski definition) is 0. The Labute approximate surface area is 467 Å². The van der Waals surface area contributed by atoms with Gasteiger partial charge in [-0.1, -0.05) is 245 Å². The van der Waals surface area contributed by atoms with Crippen molar-refractivity contribution in [1.29, 1.82) is 0 Å². The van der Waals surface area contributed by atoms with Gasteiger partial charge in [0.05, 0.1) is 27.7 Å². The van der Waals surface area contributed by atoms with Crippen molar-refractivity contribution in [3.8, 4) is 0 Å². The lowest BCUT2D eigenvalue weighted by Crippen LogP contribution is -2.37. The summed E-state index contributed by atoms with van der Waals surface area (Å²) < 4.78 is 34.1. The van der Waals surface area contributed by atoms with Crippen LogP contribution in [0.3, 0.4) is 0 Å². The molecule has 2 atom stereocenters. The van der Waals surface area contributed by atoms with Crippen LogP contribution in [0.5, 0.6) is 0 Å². The van der Waals surface area contributed by atoms with Crippen molar-refractivity contribution in [2.75, 3.05) is 47.5 Å². The Morgan fingerprint density at radius 1 is 0.408 bits per heavy atom. The zero-order valence-corrected chi connectivity index (χ0v) is 50.3. The van der Waals surface area contributed by atoms with E-state index < -0.39 is 32.5 Å². The molecule has 0 aliphatic heterocycles. The van der Waals surface area contributed by atoms with E-state index in [1.54, 1.807) is 0 Å². The van der Waals surface area contributed by atoms with Crippen LogP contribution in [-0.4, -0.2) is 70.0 Å². The molecular formula is C66H114NO8P. The predicted octanol–water partition coefficient (Wildman–Crippen LogP) is 18.7. The number of carbonyl (C=O) groups excluding carboxylic acids is 2. The van der Waals surface area contributed by atoms with E-state index in [-0.39, 0.29) is 26.1 Å². The molecule has 0 aromatic heterocycles. The summed E-state index contributed by atoms with van der Waals surface area (Å²) >= 11 is 0. The summed E-state index contributed by atoms with van der Waals surface area (Å²) in [5, 5.41) is 0. The molecule has 2 unspecified atom stereocenters. The second-order valence-electron chi connectivity index (χ2n) is 21.3. The van der Waals surface area contributed by atoms with Crippen molar-refractivity contribution in [2.24, 2.45) is 0 Å². The van der Waals surface area contributed by atoms with Gasteiger partial charge in [-0.15, -0.1) is 0 Å². The van der Waals surface area contributed by atoms with Crippen LogP contribution in [0, 0.1) is 0 Å². The molecule has 0 aromatic carbocycles. The van der Waals surface area contributed by atoms with Crippen molar-refractivity contribution < 1.29 is 42.1 Å². The van der Waals surface area contributed by atoms with Crippen molar-refractivity contribution in [3.63, 3.8) is 0 Å². The first-order valence-corrected chi connectivity index (χ1v) is 32.1. The zero-order valence-electron chi connectivity index (χ0n) is 49.4. The second-order valence-corrected chi connectivity index (χ2v) is 22.7. The lowest BCUT2D eigenvalue weighted by molar-refractivity contribution is -0.870. The first-order chi connectivity index (χ1) is 37.0. The summed E-state index contributed by atoms with van der Waals surface area (Å²) in [5.74, 6) is -0.871. The number of carbonyl (C=O) groups is 2. The van der Waals surface area contributed by atoms with Gasteiger partial charge in [0, 0.05) is 12.8 Å². The Morgan fingerprint density at radius 3 is 1.07 bits per heavy atom. The zero-order chi connectivity index (χ0) is 55.6. The molecule has 0 N–H and O–H groups in total. The van der Waals surface area contributed by atoms with Crippen LogP contribution < -0.4 is 4.89 Å². The number of allylic oxidation sites excluding steroid dienone is 18. The Kier molecular flexibility index (Phi) is 53.9. The van der Waals surface area contributed by atoms with Crippen LogP contribution in [0.1, 0.15) is 245 Å². The third-order valence-corrected chi connectivity index (χ3v) is 13.8. The average Bonchev–Trinajstić information content (AvgIpc) is 3.38. The Balaban J connectivity index is 4.08. The molecule has 0 bridgehead atoms. The van der Waals surface area contributed by atoms with E-state index >= 15 is 0 Å². The Morgan fingerprint density at radius 2 is 0.711 bits per heavy atom. The number of unbranched alkanes of at least 4 members (excludes halogenated alkanes) is 23. The number of nitrogens with zero attached hydrogens (tertiary/aromatic N) is 1. The van der Waals surface area contributed by atoms with Crippen LogP contribution >= 0.6 is 7.82 Å². The summed E-state index contributed by atoms with van der Waals surface area (Å²) in [6.07, 6.45) is 78.7. The first-order valence-electron chi connectivity index (χ1n) is 30.6. The summed E-state index contributed by atoms with van der Waals surface area (Å²) in [4.78, 5) is 37.9. The molecule has 0 aliphatic rings. The van der Waals surface area contributed by atoms with Gasteiger partial charge < -0.3 is 27.9 Å². The minimum Gasteiger partial charge on any atom is -0.756 e. The number of esters is 2. The van der Waals surface area contributed by atoms with E-state index in [1.807, 2.05) is 21.1 Å². The van der Waals surface area contributed by atoms with Crippen molar-refractivity contribution in [1.82, 2.24) is 0 Å². The van der Waals surface area contributed by atoms with Gasteiger partial charge in [0.15, 0.2) is 6.10 Å². The molecule has 0 amide bonds. The maximum absolute atomic E-state index is 12.8. The van der Waals surface area contributed by atoms with Crippen LogP contribution in [-0.2, 0) is 32.7 Å². The van der Waals surface area contributed by atoms with E-state index in [2.05, 4.69) is 123 Å². The molecule has 0 heterocycles.